The Hall–Kier alpha value is -1.44. The highest BCUT2D eigenvalue weighted by molar-refractivity contribution is 7.89. The van der Waals surface area contributed by atoms with E-state index in [1.165, 1.54) is 9.87 Å². The zero-order valence-corrected chi connectivity index (χ0v) is 17.0. The van der Waals surface area contributed by atoms with Crippen LogP contribution >= 0.6 is 0 Å². The molecule has 0 saturated carbocycles. The lowest BCUT2D eigenvalue weighted by Crippen LogP contribution is -2.51. The molecule has 0 aromatic heterocycles. The van der Waals surface area contributed by atoms with Gasteiger partial charge in [-0.05, 0) is 37.7 Å². The molecular formula is C20H31N3O3S. The van der Waals surface area contributed by atoms with E-state index in [1.54, 1.807) is 0 Å². The van der Waals surface area contributed by atoms with Crippen LogP contribution in [0.25, 0.3) is 0 Å². The van der Waals surface area contributed by atoms with E-state index in [9.17, 15) is 13.2 Å². The molecule has 2 fully saturated rings. The summed E-state index contributed by atoms with van der Waals surface area (Å²) >= 11 is 0. The number of piperidine rings is 1. The second kappa shape index (κ2) is 9.17. The largest absolute Gasteiger partial charge is 0.352 e. The monoisotopic (exact) mass is 393 g/mol. The molecule has 0 aliphatic carbocycles. The second-order valence-corrected chi connectivity index (χ2v) is 9.67. The van der Waals surface area contributed by atoms with E-state index < -0.39 is 16.1 Å². The van der Waals surface area contributed by atoms with Gasteiger partial charge in [-0.15, -0.1) is 0 Å². The highest BCUT2D eigenvalue weighted by Gasteiger charge is 2.38. The molecule has 150 valence electrons. The van der Waals surface area contributed by atoms with Crippen molar-refractivity contribution >= 4 is 15.9 Å². The van der Waals surface area contributed by atoms with Gasteiger partial charge >= 0.3 is 0 Å². The first-order valence-electron chi connectivity index (χ1n) is 10.1. The SMILES string of the molecule is CCCS(=O)(=O)N1CCCC1C(=O)NC1CCN(Cc2ccccc2)CC1. The Bertz CT molecular complexity index is 715. The summed E-state index contributed by atoms with van der Waals surface area (Å²) in [4.78, 5) is 15.1. The lowest BCUT2D eigenvalue weighted by molar-refractivity contribution is -0.125. The fourth-order valence-corrected chi connectivity index (χ4v) is 5.83. The molecule has 6 nitrogen and oxygen atoms in total. The number of likely N-dealkylation sites (tertiary alicyclic amines) is 1. The van der Waals surface area contributed by atoms with Crippen molar-refractivity contribution in [1.29, 1.82) is 0 Å². The van der Waals surface area contributed by atoms with E-state index in [-0.39, 0.29) is 17.7 Å². The number of amides is 1. The fourth-order valence-electron chi connectivity index (χ4n) is 4.08. The Labute approximate surface area is 163 Å². The van der Waals surface area contributed by atoms with Crippen LogP contribution in [-0.2, 0) is 21.4 Å². The van der Waals surface area contributed by atoms with Gasteiger partial charge in [0.05, 0.1) is 5.75 Å². The molecule has 0 bridgehead atoms. The molecule has 0 radical (unpaired) electrons. The Morgan fingerprint density at radius 1 is 1.11 bits per heavy atom. The number of benzene rings is 1. The number of hydrogen-bond acceptors (Lipinski definition) is 4. The summed E-state index contributed by atoms with van der Waals surface area (Å²) in [5.74, 6) is 0.00274. The first-order chi connectivity index (χ1) is 13.0. The third-order valence-corrected chi connectivity index (χ3v) is 7.58. The van der Waals surface area contributed by atoms with Crippen LogP contribution in [-0.4, -0.2) is 61.0 Å². The van der Waals surface area contributed by atoms with E-state index >= 15 is 0 Å². The van der Waals surface area contributed by atoms with Gasteiger partial charge in [-0.25, -0.2) is 8.42 Å². The van der Waals surface area contributed by atoms with E-state index in [4.69, 9.17) is 0 Å². The lowest BCUT2D eigenvalue weighted by Gasteiger charge is -2.33. The molecule has 1 unspecified atom stereocenters. The molecule has 7 heteroatoms. The predicted octanol–water partition coefficient (Wildman–Crippen LogP) is 1.97. The molecule has 2 aliphatic heterocycles. The minimum Gasteiger partial charge on any atom is -0.352 e. The molecule has 27 heavy (non-hydrogen) atoms. The zero-order valence-electron chi connectivity index (χ0n) is 16.1. The maximum absolute atomic E-state index is 12.7. The van der Waals surface area contributed by atoms with Gasteiger partial charge in [0.2, 0.25) is 15.9 Å². The van der Waals surface area contributed by atoms with Crippen molar-refractivity contribution in [3.05, 3.63) is 35.9 Å². The van der Waals surface area contributed by atoms with E-state index in [2.05, 4.69) is 34.5 Å². The van der Waals surface area contributed by atoms with Gasteiger partial charge in [-0.1, -0.05) is 37.3 Å². The van der Waals surface area contributed by atoms with Gasteiger partial charge in [-0.3, -0.25) is 9.69 Å². The number of rotatable bonds is 7. The fraction of sp³-hybridized carbons (Fsp3) is 0.650. The quantitative estimate of drug-likeness (QED) is 0.769. The highest BCUT2D eigenvalue weighted by Crippen LogP contribution is 2.23. The van der Waals surface area contributed by atoms with Gasteiger partial charge in [0.15, 0.2) is 0 Å². The van der Waals surface area contributed by atoms with Crippen molar-refractivity contribution in [2.45, 2.75) is 57.7 Å². The summed E-state index contributed by atoms with van der Waals surface area (Å²) in [6, 6.07) is 10.0. The summed E-state index contributed by atoms with van der Waals surface area (Å²) in [5, 5.41) is 3.12. The Balaban J connectivity index is 1.49. The van der Waals surface area contributed by atoms with Crippen LogP contribution in [0.4, 0.5) is 0 Å². The summed E-state index contributed by atoms with van der Waals surface area (Å²) < 4.78 is 26.2. The summed E-state index contributed by atoms with van der Waals surface area (Å²) in [7, 11) is -3.32. The molecule has 1 atom stereocenters. The van der Waals surface area contributed by atoms with Crippen LogP contribution < -0.4 is 5.32 Å². The van der Waals surface area contributed by atoms with E-state index in [0.29, 0.717) is 19.4 Å². The Morgan fingerprint density at radius 3 is 2.48 bits per heavy atom. The molecule has 3 rings (SSSR count). The lowest BCUT2D eigenvalue weighted by atomic mass is 10.0. The summed E-state index contributed by atoms with van der Waals surface area (Å²) in [6.45, 7) is 5.15. The molecule has 1 aromatic carbocycles. The molecule has 2 saturated heterocycles. The maximum atomic E-state index is 12.7. The summed E-state index contributed by atoms with van der Waals surface area (Å²) in [5.41, 5.74) is 1.31. The average Bonchev–Trinajstić information content (AvgIpc) is 3.15. The van der Waals surface area contributed by atoms with Crippen molar-refractivity contribution in [2.24, 2.45) is 0 Å². The smallest absolute Gasteiger partial charge is 0.238 e. The molecule has 1 amide bonds. The van der Waals surface area contributed by atoms with Crippen molar-refractivity contribution in [3.63, 3.8) is 0 Å². The van der Waals surface area contributed by atoms with Crippen molar-refractivity contribution in [2.75, 3.05) is 25.4 Å². The van der Waals surface area contributed by atoms with Crippen molar-refractivity contribution in [1.82, 2.24) is 14.5 Å². The Morgan fingerprint density at radius 2 is 1.81 bits per heavy atom. The van der Waals surface area contributed by atoms with Crippen LogP contribution in [0.2, 0.25) is 0 Å². The van der Waals surface area contributed by atoms with E-state index in [1.807, 2.05) is 13.0 Å². The molecule has 2 aliphatic rings. The van der Waals surface area contributed by atoms with Gasteiger partial charge in [0.1, 0.15) is 6.04 Å². The number of carbonyl (C=O) groups is 1. The standard InChI is InChI=1S/C20H31N3O3S/c1-2-15-27(25,26)23-12-6-9-19(23)20(24)21-18-10-13-22(14-11-18)16-17-7-4-3-5-8-17/h3-5,7-8,18-19H,2,6,9-16H2,1H3,(H,21,24). The first-order valence-corrected chi connectivity index (χ1v) is 11.7. The molecule has 0 spiro atoms. The molecule has 2 heterocycles. The highest BCUT2D eigenvalue weighted by atomic mass is 32.2. The minimum absolute atomic E-state index is 0.117. The molecular weight excluding hydrogens is 362 g/mol. The van der Waals surface area contributed by atoms with Crippen LogP contribution in [0.3, 0.4) is 0 Å². The number of carbonyl (C=O) groups excluding carboxylic acids is 1. The second-order valence-electron chi connectivity index (χ2n) is 7.63. The number of sulfonamides is 1. The summed E-state index contributed by atoms with van der Waals surface area (Å²) in [6.07, 6.45) is 3.78. The van der Waals surface area contributed by atoms with E-state index in [0.717, 1.165) is 38.9 Å². The normalized spacial score (nSPS) is 22.8. The topological polar surface area (TPSA) is 69.7 Å². The molecule has 1 N–H and O–H groups in total. The van der Waals surface area contributed by atoms with Crippen molar-refractivity contribution in [3.8, 4) is 0 Å². The Kier molecular flexibility index (Phi) is 6.89. The predicted molar refractivity (Wildman–Crippen MR) is 107 cm³/mol. The third-order valence-electron chi connectivity index (χ3n) is 5.51. The van der Waals surface area contributed by atoms with Crippen LogP contribution in [0.15, 0.2) is 30.3 Å². The van der Waals surface area contributed by atoms with Gasteiger partial charge < -0.3 is 5.32 Å². The van der Waals surface area contributed by atoms with Crippen LogP contribution in [0.5, 0.6) is 0 Å². The first kappa shape index (κ1) is 20.3. The van der Waals surface area contributed by atoms with Gasteiger partial charge in [-0.2, -0.15) is 4.31 Å². The zero-order chi connectivity index (χ0) is 19.3. The molecule has 1 aromatic rings. The van der Waals surface area contributed by atoms with Gasteiger partial charge in [0, 0.05) is 32.2 Å². The van der Waals surface area contributed by atoms with Gasteiger partial charge in [0.25, 0.3) is 0 Å². The van der Waals surface area contributed by atoms with Crippen LogP contribution in [0.1, 0.15) is 44.6 Å². The number of nitrogens with zero attached hydrogens (tertiary/aromatic N) is 2. The van der Waals surface area contributed by atoms with Crippen molar-refractivity contribution < 1.29 is 13.2 Å². The average molecular weight is 394 g/mol. The maximum Gasteiger partial charge on any atom is 0.238 e. The third kappa shape index (κ3) is 5.30. The van der Waals surface area contributed by atoms with Crippen LogP contribution in [0, 0.1) is 0 Å². The minimum atomic E-state index is -3.32. The number of nitrogens with one attached hydrogen (secondary N) is 1. The number of hydrogen-bond donors (Lipinski definition) is 1.